The first-order valence-corrected chi connectivity index (χ1v) is 11.2. The van der Waals surface area contributed by atoms with Gasteiger partial charge in [-0.25, -0.2) is 9.18 Å². The van der Waals surface area contributed by atoms with Crippen LogP contribution in [0.1, 0.15) is 11.1 Å². The van der Waals surface area contributed by atoms with Crippen LogP contribution in [0.15, 0.2) is 48.5 Å². The summed E-state index contributed by atoms with van der Waals surface area (Å²) < 4.78 is 23.7. The first-order valence-electron chi connectivity index (χ1n) is 7.50. The molecule has 0 saturated carbocycles. The summed E-state index contributed by atoms with van der Waals surface area (Å²) in [5.74, 6) is 0.160. The molecule has 0 aliphatic carbocycles. The van der Waals surface area contributed by atoms with Crippen LogP contribution in [0, 0.1) is 5.82 Å². The summed E-state index contributed by atoms with van der Waals surface area (Å²) in [6, 6.07) is 14.1. The smallest absolute Gasteiger partial charge is 0.429 e. The second kappa shape index (κ2) is 7.42. The molecule has 0 heterocycles. The highest BCUT2D eigenvalue weighted by molar-refractivity contribution is 6.75. The van der Waals surface area contributed by atoms with Crippen molar-refractivity contribution < 1.29 is 18.7 Å². The Morgan fingerprint density at radius 2 is 1.74 bits per heavy atom. The normalized spacial score (nSPS) is 11.1. The van der Waals surface area contributed by atoms with E-state index in [9.17, 15) is 9.18 Å². The largest absolute Gasteiger partial charge is 0.514 e. The van der Waals surface area contributed by atoms with E-state index in [1.165, 1.54) is 12.1 Å². The molecule has 0 spiro atoms. The molecule has 122 valence electrons. The van der Waals surface area contributed by atoms with E-state index < -0.39 is 14.2 Å². The molecule has 0 N–H and O–H groups in total. The molecule has 3 nitrogen and oxygen atoms in total. The molecule has 23 heavy (non-hydrogen) atoms. The van der Waals surface area contributed by atoms with Crippen LogP contribution in [0.25, 0.3) is 0 Å². The van der Waals surface area contributed by atoms with Crippen molar-refractivity contribution in [1.29, 1.82) is 0 Å². The van der Waals surface area contributed by atoms with Crippen molar-refractivity contribution >= 4 is 14.2 Å². The number of hydrogen-bond donors (Lipinski definition) is 0. The van der Waals surface area contributed by atoms with Gasteiger partial charge in [-0.05, 0) is 41.4 Å². The van der Waals surface area contributed by atoms with Crippen LogP contribution < -0.4 is 4.74 Å². The molecular weight excluding hydrogens is 311 g/mol. The number of rotatable bonds is 5. The Kier molecular flexibility index (Phi) is 5.55. The topological polar surface area (TPSA) is 35.5 Å². The summed E-state index contributed by atoms with van der Waals surface area (Å²) >= 11 is 0. The van der Waals surface area contributed by atoms with E-state index in [0.29, 0.717) is 5.75 Å². The quantitative estimate of drug-likeness (QED) is 0.441. The number of hydrogen-bond acceptors (Lipinski definition) is 3. The molecule has 0 radical (unpaired) electrons. The first-order chi connectivity index (χ1) is 10.8. The summed E-state index contributed by atoms with van der Waals surface area (Å²) in [4.78, 5) is 11.7. The molecule has 0 aliphatic rings. The summed E-state index contributed by atoms with van der Waals surface area (Å²) in [5.41, 5.74) is 1.72. The monoisotopic (exact) mass is 332 g/mol. The zero-order chi connectivity index (χ0) is 16.9. The van der Waals surface area contributed by atoms with Gasteiger partial charge in [0.15, 0.2) is 0 Å². The lowest BCUT2D eigenvalue weighted by Gasteiger charge is -2.18. The predicted octanol–water partition coefficient (Wildman–Crippen LogP) is 4.96. The minimum absolute atomic E-state index is 0.0752. The summed E-state index contributed by atoms with van der Waals surface area (Å²) in [6.07, 6.45) is -0.764. The van der Waals surface area contributed by atoms with Gasteiger partial charge in [0, 0.05) is 8.07 Å². The number of carbonyl (C=O) groups is 1. The second-order valence-electron chi connectivity index (χ2n) is 6.60. The van der Waals surface area contributed by atoms with Crippen LogP contribution in [0.2, 0.25) is 19.6 Å². The van der Waals surface area contributed by atoms with E-state index in [4.69, 9.17) is 9.47 Å². The molecule has 2 aromatic carbocycles. The number of benzene rings is 2. The Balaban J connectivity index is 2.01. The Morgan fingerprint density at radius 3 is 2.39 bits per heavy atom. The van der Waals surface area contributed by atoms with Crippen LogP contribution in [0.3, 0.4) is 0 Å². The highest BCUT2D eigenvalue weighted by Gasteiger charge is 2.17. The molecule has 0 bridgehead atoms. The highest BCUT2D eigenvalue weighted by atomic mass is 28.3. The zero-order valence-corrected chi connectivity index (χ0v) is 14.6. The van der Waals surface area contributed by atoms with Gasteiger partial charge in [0.2, 0.25) is 0 Å². The lowest BCUT2D eigenvalue weighted by molar-refractivity contribution is 0.0926. The average molecular weight is 332 g/mol. The third-order valence-corrected chi connectivity index (χ3v) is 4.62. The fourth-order valence-electron chi connectivity index (χ4n) is 2.22. The first kappa shape index (κ1) is 17.2. The molecule has 0 saturated heterocycles. The van der Waals surface area contributed by atoms with E-state index in [1.807, 2.05) is 6.07 Å². The van der Waals surface area contributed by atoms with Gasteiger partial charge in [-0.2, -0.15) is 0 Å². The highest BCUT2D eigenvalue weighted by Crippen LogP contribution is 2.19. The fourth-order valence-corrected chi connectivity index (χ4v) is 3.69. The standard InChI is InChI=1S/C18H21FO3Si/c1-23(2,3)13-15-11-16(19)10-9-14(15)12-21-18(20)22-17-7-5-4-6-8-17/h4-11H,12-13H2,1-3H3. The molecule has 0 unspecified atom stereocenters. The van der Waals surface area contributed by atoms with E-state index >= 15 is 0 Å². The van der Waals surface area contributed by atoms with Crippen molar-refractivity contribution in [3.63, 3.8) is 0 Å². The minimum atomic E-state index is -1.41. The summed E-state index contributed by atoms with van der Waals surface area (Å²) in [5, 5.41) is 0. The zero-order valence-electron chi connectivity index (χ0n) is 13.6. The molecular formula is C18H21FO3Si. The maximum absolute atomic E-state index is 13.5. The van der Waals surface area contributed by atoms with Crippen molar-refractivity contribution in [1.82, 2.24) is 0 Å². The van der Waals surface area contributed by atoms with Crippen LogP contribution in [0.4, 0.5) is 9.18 Å². The van der Waals surface area contributed by atoms with Gasteiger partial charge in [0.25, 0.3) is 0 Å². The molecule has 0 amide bonds. The van der Waals surface area contributed by atoms with Crippen molar-refractivity contribution in [3.05, 3.63) is 65.5 Å². The molecule has 0 aromatic heterocycles. The lowest BCUT2D eigenvalue weighted by Crippen LogP contribution is -2.25. The number of ether oxygens (including phenoxy) is 2. The maximum atomic E-state index is 13.5. The number of para-hydroxylation sites is 1. The van der Waals surface area contributed by atoms with Gasteiger partial charge in [-0.1, -0.05) is 43.9 Å². The van der Waals surface area contributed by atoms with Gasteiger partial charge >= 0.3 is 6.16 Å². The minimum Gasteiger partial charge on any atom is -0.429 e. The summed E-state index contributed by atoms with van der Waals surface area (Å²) in [6.45, 7) is 6.72. The Bertz CT molecular complexity index is 666. The molecule has 0 atom stereocenters. The maximum Gasteiger partial charge on any atom is 0.514 e. The molecule has 0 aliphatic heterocycles. The Labute approximate surface area is 137 Å². The van der Waals surface area contributed by atoms with E-state index in [2.05, 4.69) is 19.6 Å². The van der Waals surface area contributed by atoms with E-state index in [-0.39, 0.29) is 12.4 Å². The van der Waals surface area contributed by atoms with Crippen LogP contribution in [0.5, 0.6) is 5.75 Å². The van der Waals surface area contributed by atoms with Crippen molar-refractivity contribution in [2.45, 2.75) is 32.3 Å². The van der Waals surface area contributed by atoms with Gasteiger partial charge in [-0.15, -0.1) is 0 Å². The van der Waals surface area contributed by atoms with Gasteiger partial charge < -0.3 is 9.47 Å². The Hall–Kier alpha value is -2.14. The van der Waals surface area contributed by atoms with Crippen molar-refractivity contribution in [2.24, 2.45) is 0 Å². The van der Waals surface area contributed by atoms with Crippen LogP contribution in [-0.2, 0) is 17.4 Å². The Morgan fingerprint density at radius 1 is 1.04 bits per heavy atom. The molecule has 0 fully saturated rings. The number of carbonyl (C=O) groups excluding carboxylic acids is 1. The third kappa shape index (κ3) is 5.87. The predicted molar refractivity (Wildman–Crippen MR) is 90.7 cm³/mol. The van der Waals surface area contributed by atoms with Crippen LogP contribution >= 0.6 is 0 Å². The van der Waals surface area contributed by atoms with Crippen molar-refractivity contribution in [2.75, 3.05) is 0 Å². The third-order valence-electron chi connectivity index (χ3n) is 3.18. The molecule has 5 heteroatoms. The van der Waals surface area contributed by atoms with E-state index in [1.54, 1.807) is 30.3 Å². The SMILES string of the molecule is C[Si](C)(C)Cc1cc(F)ccc1COC(=O)Oc1ccccc1. The summed E-state index contributed by atoms with van der Waals surface area (Å²) in [7, 11) is -1.41. The average Bonchev–Trinajstić information content (AvgIpc) is 2.46. The van der Waals surface area contributed by atoms with Gasteiger partial charge in [-0.3, -0.25) is 0 Å². The van der Waals surface area contributed by atoms with Gasteiger partial charge in [0.1, 0.15) is 18.2 Å². The number of halogens is 1. The van der Waals surface area contributed by atoms with Gasteiger partial charge in [0.05, 0.1) is 0 Å². The van der Waals surface area contributed by atoms with E-state index in [0.717, 1.165) is 17.2 Å². The fraction of sp³-hybridized carbons (Fsp3) is 0.278. The second-order valence-corrected chi connectivity index (χ2v) is 12.1. The lowest BCUT2D eigenvalue weighted by atomic mass is 10.1. The molecule has 2 aromatic rings. The molecule has 2 rings (SSSR count). The van der Waals surface area contributed by atoms with Crippen molar-refractivity contribution in [3.8, 4) is 5.75 Å². The van der Waals surface area contributed by atoms with Crippen LogP contribution in [-0.4, -0.2) is 14.2 Å².